The number of carbonyl (C=O) groups is 9. The van der Waals surface area contributed by atoms with Crippen LogP contribution in [-0.2, 0) is 52.6 Å². The number of quaternary nitrogens is 1. The van der Waals surface area contributed by atoms with Gasteiger partial charge in [-0.2, -0.15) is 4.48 Å². The number of hydrogen-bond acceptors (Lipinski definition) is 16. The number of aliphatic carboxylic acids is 2. The molecule has 2 unspecified atom stereocenters. The number of imide groups is 1. The number of ether oxygens (including phenoxy) is 2. The molecule has 6 atom stereocenters. The first-order valence-corrected chi connectivity index (χ1v) is 18.2. The van der Waals surface area contributed by atoms with Crippen LogP contribution in [0.1, 0.15) is 60.8 Å². The lowest BCUT2D eigenvalue weighted by Gasteiger charge is -2.34. The van der Waals surface area contributed by atoms with Gasteiger partial charge in [-0.1, -0.05) is 58.9 Å². The van der Waals surface area contributed by atoms with Crippen molar-refractivity contribution in [1.82, 2.24) is 4.48 Å². The maximum atomic E-state index is 13.9. The summed E-state index contributed by atoms with van der Waals surface area (Å²) in [4.78, 5) is 103. The average molecular weight is 837 g/mol. The fourth-order valence-corrected chi connectivity index (χ4v) is 5.16. The molecule has 0 saturated carbocycles. The number of likely N-dealkylation sites (tertiary alicyclic amines) is 1. The average Bonchev–Trinajstić information content (AvgIpc) is 3.43. The van der Waals surface area contributed by atoms with Gasteiger partial charge in [-0.15, -0.1) is 0 Å². The monoisotopic (exact) mass is 836 g/mol. The molecule has 328 valence electrons. The van der Waals surface area contributed by atoms with Crippen LogP contribution in [-0.4, -0.2) is 113 Å². The summed E-state index contributed by atoms with van der Waals surface area (Å²) in [5.41, 5.74) is 29.8. The van der Waals surface area contributed by atoms with Gasteiger partial charge in [-0.3, -0.25) is 24.0 Å². The highest BCUT2D eigenvalue weighted by Crippen LogP contribution is 2.45. The number of nitrogens with zero attached hydrogens (tertiary/aromatic N) is 1. The predicted molar refractivity (Wildman–Crippen MR) is 213 cm³/mol. The molecule has 0 aliphatic carbocycles. The lowest BCUT2D eigenvalue weighted by Crippen LogP contribution is -2.64. The number of fused-ring (bicyclic) bond motifs is 1. The van der Waals surface area contributed by atoms with Crippen molar-refractivity contribution in [3.05, 3.63) is 42.5 Å². The first kappa shape index (κ1) is 53.3. The molecule has 0 radical (unpaired) electrons. The number of aliphatic hydroxyl groups excluding tert-OH is 1. The van der Waals surface area contributed by atoms with E-state index in [2.05, 4.69) is 16.2 Å². The number of carboxylic acid groups (broad SMARTS) is 2. The molecule has 0 aromatic heterocycles. The third kappa shape index (κ3) is 16.2. The number of benzene rings is 2. The molecule has 0 spiro atoms. The highest BCUT2D eigenvalue weighted by Gasteiger charge is 2.64. The minimum atomic E-state index is -1.25. The minimum absolute atomic E-state index is 0.00619. The van der Waals surface area contributed by atoms with Crippen molar-refractivity contribution in [3.8, 4) is 0 Å². The summed E-state index contributed by atoms with van der Waals surface area (Å²) in [6.45, 7) is 9.89. The Morgan fingerprint density at radius 1 is 0.831 bits per heavy atom. The molecule has 1 heterocycles. The summed E-state index contributed by atoms with van der Waals surface area (Å²) in [7, 11) is 0. The second-order valence-corrected chi connectivity index (χ2v) is 14.7. The molecule has 3 rings (SSSR count). The number of carbonyl (C=O) groups excluding carboxylic acids is 7. The summed E-state index contributed by atoms with van der Waals surface area (Å²) in [6.07, 6.45) is -0.235. The zero-order chi connectivity index (χ0) is 46.0. The molecule has 21 heteroatoms. The van der Waals surface area contributed by atoms with Crippen LogP contribution in [0.4, 0.5) is 5.69 Å². The van der Waals surface area contributed by atoms with E-state index in [0.717, 1.165) is 10.8 Å². The first-order valence-electron chi connectivity index (χ1n) is 18.2. The van der Waals surface area contributed by atoms with E-state index in [4.69, 9.17) is 43.0 Å². The van der Waals surface area contributed by atoms with Gasteiger partial charge in [0.05, 0.1) is 31.9 Å². The lowest BCUT2D eigenvalue weighted by atomic mass is 9.79. The van der Waals surface area contributed by atoms with Gasteiger partial charge in [0, 0.05) is 25.5 Å². The van der Waals surface area contributed by atoms with Crippen molar-refractivity contribution in [2.45, 2.75) is 85.0 Å². The number of primary amides is 2. The quantitative estimate of drug-likeness (QED) is 0.0464. The van der Waals surface area contributed by atoms with E-state index < -0.39 is 81.6 Å². The van der Waals surface area contributed by atoms with Crippen molar-refractivity contribution in [1.29, 1.82) is 0 Å². The molecule has 2 aromatic rings. The van der Waals surface area contributed by atoms with Crippen LogP contribution < -0.4 is 38.9 Å². The second kappa shape index (κ2) is 24.3. The van der Waals surface area contributed by atoms with E-state index in [1.54, 1.807) is 26.0 Å². The van der Waals surface area contributed by atoms with Crippen LogP contribution in [0.3, 0.4) is 0 Å². The van der Waals surface area contributed by atoms with E-state index in [9.17, 15) is 43.2 Å². The van der Waals surface area contributed by atoms with Gasteiger partial charge < -0.3 is 59.2 Å². The molecule has 21 nitrogen and oxygen atoms in total. The number of amides is 4. The van der Waals surface area contributed by atoms with Crippen molar-refractivity contribution < 1.29 is 67.9 Å². The Labute approximate surface area is 340 Å². The number of hydrogen-bond donors (Lipinski definition) is 9. The van der Waals surface area contributed by atoms with Crippen molar-refractivity contribution in [2.24, 2.45) is 51.7 Å². The number of nitrogens with two attached hydrogens (primary N) is 6. The third-order valence-corrected chi connectivity index (χ3v) is 8.72. The van der Waals surface area contributed by atoms with E-state index in [1.807, 2.05) is 51.1 Å². The zero-order valence-corrected chi connectivity index (χ0v) is 34.0. The van der Waals surface area contributed by atoms with Crippen LogP contribution in [0.15, 0.2) is 42.5 Å². The van der Waals surface area contributed by atoms with Crippen LogP contribution in [0.5, 0.6) is 0 Å². The summed E-state index contributed by atoms with van der Waals surface area (Å²) >= 11 is 0. The molecular weight excluding hydrogens is 778 g/mol. The molecule has 1 saturated heterocycles. The maximum absolute atomic E-state index is 13.9. The van der Waals surface area contributed by atoms with Crippen LogP contribution >= 0.6 is 0 Å². The van der Waals surface area contributed by atoms with Crippen LogP contribution in [0.25, 0.3) is 10.8 Å². The van der Waals surface area contributed by atoms with Crippen LogP contribution in [0, 0.1) is 17.3 Å². The molecular formula is C38H58N7O14+. The van der Waals surface area contributed by atoms with Gasteiger partial charge in [0.15, 0.2) is 0 Å². The van der Waals surface area contributed by atoms with E-state index in [1.165, 1.54) is 6.92 Å². The fourth-order valence-electron chi connectivity index (χ4n) is 5.16. The Bertz CT molecular complexity index is 1830. The predicted octanol–water partition coefficient (Wildman–Crippen LogP) is -1.26. The normalized spacial score (nSPS) is 17.9. The van der Waals surface area contributed by atoms with Gasteiger partial charge in [0.25, 0.3) is 0 Å². The molecule has 1 fully saturated rings. The number of carboxylic acids is 2. The Morgan fingerprint density at radius 2 is 1.37 bits per heavy atom. The molecule has 2 aromatic carbocycles. The minimum Gasteiger partial charge on any atom is -0.480 e. The van der Waals surface area contributed by atoms with Crippen molar-refractivity contribution in [2.75, 3.05) is 19.8 Å². The van der Waals surface area contributed by atoms with Gasteiger partial charge in [0.1, 0.15) is 30.4 Å². The van der Waals surface area contributed by atoms with E-state index in [0.29, 0.717) is 5.69 Å². The fraction of sp³-hybridized carbons (Fsp3) is 0.500. The Balaban J connectivity index is 0.00000105. The van der Waals surface area contributed by atoms with Gasteiger partial charge in [0.2, 0.25) is 17.9 Å². The molecule has 1 aliphatic heterocycles. The van der Waals surface area contributed by atoms with Gasteiger partial charge >= 0.3 is 41.7 Å². The zero-order valence-electron chi connectivity index (χ0n) is 34.0. The summed E-state index contributed by atoms with van der Waals surface area (Å²) in [6, 6.07) is 8.30. The lowest BCUT2D eigenvalue weighted by molar-refractivity contribution is -0.167. The largest absolute Gasteiger partial charge is 0.480 e. The Morgan fingerprint density at radius 3 is 1.76 bits per heavy atom. The third-order valence-electron chi connectivity index (χ3n) is 8.72. The summed E-state index contributed by atoms with van der Waals surface area (Å²) in [5, 5.41) is 26.0. The van der Waals surface area contributed by atoms with E-state index in [-0.39, 0.29) is 56.8 Å². The molecule has 0 bridgehead atoms. The molecule has 59 heavy (non-hydrogen) atoms. The van der Waals surface area contributed by atoms with Gasteiger partial charge in [-0.25, -0.2) is 19.2 Å². The highest BCUT2D eigenvalue weighted by atomic mass is 16.6. The molecule has 15 N–H and O–H groups in total. The Hall–Kier alpha value is -5.71. The van der Waals surface area contributed by atoms with Crippen molar-refractivity contribution in [3.63, 3.8) is 0 Å². The standard InChI is InChI=1S/C26H33N2O5.C5H10N2O4.C4H8N2O3.C3H7NO2/c1-15(2)22(27)25(32)33-24(31)16(3)28(21(29)14-20(23(28)30)26(4,5)6)19-12-11-17-9-7-8-10-18(17)13-19;6-1-4(8)11-2-3(7)5(9)10;5-2(4(8)9)1-3(6)7;4-3(6)1-2-5/h7-13,15-16,20,22H,14,27H2,1-6H3;3H,1-2,6-7H2,(H,9,10);2H,1,5H2,(H2,6,7)(H,8,9);5H,1-2H2,(H2,4,6)/q+1;;;/t16-,20?,22-,28?;3-;2-;/m000./s1. The number of aliphatic hydroxyl groups is 1. The number of esters is 3. The molecule has 1 aliphatic rings. The Kier molecular flexibility index (Phi) is 21.9. The first-order chi connectivity index (χ1) is 27.2. The molecule has 4 amide bonds. The number of rotatable bonds is 14. The highest BCUT2D eigenvalue weighted by molar-refractivity contribution is 6.19. The topological polar surface area (TPSA) is 389 Å². The summed E-state index contributed by atoms with van der Waals surface area (Å²) < 4.78 is 8.61. The SMILES string of the molecule is CC(C)[C@H](N)C(=O)OC(=O)[C@H](C)[N+]1(c2ccc3ccccc3c2)C(=O)CC(C(C)(C)C)C1=O.NC(=O)CCO.NC(=O)C[C@H](N)C(=O)O.NCC(=O)OC[C@H](N)C(=O)O. The maximum Gasteiger partial charge on any atom is 0.373 e. The van der Waals surface area contributed by atoms with Crippen LogP contribution in [0.2, 0.25) is 0 Å². The van der Waals surface area contributed by atoms with E-state index >= 15 is 0 Å². The second-order valence-electron chi connectivity index (χ2n) is 14.7. The smallest absolute Gasteiger partial charge is 0.373 e. The van der Waals surface area contributed by atoms with Gasteiger partial charge in [-0.05, 0) is 28.2 Å². The summed E-state index contributed by atoms with van der Waals surface area (Å²) in [5.74, 6) is -7.64. The van der Waals surface area contributed by atoms with Crippen molar-refractivity contribution >= 4 is 69.9 Å².